The molecule has 0 bridgehead atoms. The van der Waals surface area contributed by atoms with Crippen molar-refractivity contribution in [1.82, 2.24) is 0 Å². The summed E-state index contributed by atoms with van der Waals surface area (Å²) in [4.78, 5) is 14.0. The summed E-state index contributed by atoms with van der Waals surface area (Å²) in [6.07, 6.45) is 11.1. The van der Waals surface area contributed by atoms with Gasteiger partial charge in [-0.05, 0) is 79.4 Å². The first-order valence-corrected chi connectivity index (χ1v) is 13.5. The molecule has 31 heavy (non-hydrogen) atoms. The molecule has 4 aliphatic carbocycles. The van der Waals surface area contributed by atoms with Crippen LogP contribution < -0.4 is 0 Å². The van der Waals surface area contributed by atoms with Gasteiger partial charge in [0.1, 0.15) is 5.78 Å². The molecule has 3 nitrogen and oxygen atoms in total. The number of rotatable bonds is 0. The van der Waals surface area contributed by atoms with Crippen LogP contribution in [0.1, 0.15) is 92.4 Å². The van der Waals surface area contributed by atoms with Crippen molar-refractivity contribution in [1.29, 1.82) is 0 Å². The highest BCUT2D eigenvalue weighted by Crippen LogP contribution is 2.70. The van der Waals surface area contributed by atoms with Crippen LogP contribution in [0.3, 0.4) is 0 Å². The smallest absolute Gasteiger partial charge is 0.171 e. The molecule has 2 saturated heterocycles. The van der Waals surface area contributed by atoms with E-state index < -0.39 is 5.79 Å². The normalized spacial score (nSPS) is 60.9. The number of carbonyl (C=O) groups is 1. The molecule has 1 spiro atoms. The number of hydrogen-bond acceptors (Lipinski definition) is 3. The minimum absolute atomic E-state index is 0.202. The maximum Gasteiger partial charge on any atom is 0.171 e. The molecular weight excluding hydrogens is 384 g/mol. The van der Waals surface area contributed by atoms with E-state index in [9.17, 15) is 4.79 Å². The van der Waals surface area contributed by atoms with Crippen molar-refractivity contribution in [3.63, 3.8) is 0 Å². The summed E-state index contributed by atoms with van der Waals surface area (Å²) in [5.74, 6) is 5.00. The van der Waals surface area contributed by atoms with Crippen LogP contribution >= 0.6 is 0 Å². The second kappa shape index (κ2) is 6.81. The average molecular weight is 429 g/mol. The maximum atomic E-state index is 14.0. The van der Waals surface area contributed by atoms with E-state index in [2.05, 4.69) is 34.6 Å². The predicted molar refractivity (Wildman–Crippen MR) is 121 cm³/mol. The second-order valence-corrected chi connectivity index (χ2v) is 13.4. The molecule has 0 N–H and O–H groups in total. The molecule has 0 radical (unpaired) electrons. The van der Waals surface area contributed by atoms with E-state index in [0.717, 1.165) is 43.6 Å². The summed E-state index contributed by atoms with van der Waals surface area (Å²) in [6, 6.07) is 0. The molecular formula is C28H44O3. The van der Waals surface area contributed by atoms with E-state index >= 15 is 0 Å². The van der Waals surface area contributed by atoms with Crippen molar-refractivity contribution in [2.45, 2.75) is 104 Å². The van der Waals surface area contributed by atoms with Gasteiger partial charge in [-0.1, -0.05) is 41.0 Å². The molecule has 6 fully saturated rings. The number of fused-ring (bicyclic) bond motifs is 7. The van der Waals surface area contributed by atoms with E-state index in [-0.39, 0.29) is 11.5 Å². The van der Waals surface area contributed by atoms with Gasteiger partial charge in [0.15, 0.2) is 5.79 Å². The molecule has 174 valence electrons. The lowest BCUT2D eigenvalue weighted by Crippen LogP contribution is -2.58. The van der Waals surface area contributed by atoms with Crippen molar-refractivity contribution >= 4 is 5.78 Å². The SMILES string of the molecule is C[C@@H]1CC[C@@]2(OC1)O[C@H]1C[C@H]3[C@H]4CC[C@H]5C[C@@H](C)CC[C@]5(C)[C@H]4CC(=O)[C@]3(C)[C@H]1[C@@H]2C. The summed E-state index contributed by atoms with van der Waals surface area (Å²) in [7, 11) is 0. The van der Waals surface area contributed by atoms with Crippen LogP contribution in [0.25, 0.3) is 0 Å². The van der Waals surface area contributed by atoms with Gasteiger partial charge in [-0.2, -0.15) is 0 Å². The van der Waals surface area contributed by atoms with Crippen molar-refractivity contribution in [3.05, 3.63) is 0 Å². The van der Waals surface area contributed by atoms with Gasteiger partial charge in [-0.25, -0.2) is 0 Å². The first-order valence-electron chi connectivity index (χ1n) is 13.5. The van der Waals surface area contributed by atoms with Gasteiger partial charge >= 0.3 is 0 Å². The van der Waals surface area contributed by atoms with Gasteiger partial charge in [0.2, 0.25) is 0 Å². The largest absolute Gasteiger partial charge is 0.349 e. The average Bonchev–Trinajstić information content (AvgIpc) is 3.18. The van der Waals surface area contributed by atoms with E-state index in [0.29, 0.717) is 40.8 Å². The lowest BCUT2D eigenvalue weighted by molar-refractivity contribution is -0.272. The second-order valence-electron chi connectivity index (χ2n) is 13.4. The summed E-state index contributed by atoms with van der Waals surface area (Å²) < 4.78 is 13.2. The van der Waals surface area contributed by atoms with Crippen molar-refractivity contribution in [2.75, 3.05) is 6.61 Å². The van der Waals surface area contributed by atoms with Crippen LogP contribution in [0.5, 0.6) is 0 Å². The number of carbonyl (C=O) groups excluding carboxylic acids is 1. The van der Waals surface area contributed by atoms with Crippen LogP contribution in [0.15, 0.2) is 0 Å². The Balaban J connectivity index is 1.30. The Morgan fingerprint density at radius 2 is 1.68 bits per heavy atom. The zero-order valence-electron chi connectivity index (χ0n) is 20.5. The number of ketones is 1. The zero-order valence-corrected chi connectivity index (χ0v) is 20.5. The quantitative estimate of drug-likeness (QED) is 0.457. The van der Waals surface area contributed by atoms with Gasteiger partial charge in [0.05, 0.1) is 12.7 Å². The Kier molecular flexibility index (Phi) is 4.65. The molecule has 4 saturated carbocycles. The van der Waals surface area contributed by atoms with E-state index in [1.54, 1.807) is 0 Å². The van der Waals surface area contributed by atoms with Gasteiger partial charge in [-0.3, -0.25) is 4.79 Å². The molecule has 0 aromatic rings. The van der Waals surface area contributed by atoms with Gasteiger partial charge < -0.3 is 9.47 Å². The third-order valence-corrected chi connectivity index (χ3v) is 12.1. The Morgan fingerprint density at radius 1 is 0.903 bits per heavy atom. The summed E-state index contributed by atoms with van der Waals surface area (Å²) in [6.45, 7) is 12.8. The maximum absolute atomic E-state index is 14.0. The summed E-state index contributed by atoms with van der Waals surface area (Å²) in [5, 5.41) is 0. The minimum Gasteiger partial charge on any atom is -0.349 e. The first kappa shape index (κ1) is 21.1. The zero-order chi connectivity index (χ0) is 21.8. The van der Waals surface area contributed by atoms with E-state index in [1.807, 2.05) is 0 Å². The van der Waals surface area contributed by atoms with E-state index in [4.69, 9.17) is 9.47 Å². The molecule has 2 aliphatic heterocycles. The van der Waals surface area contributed by atoms with Crippen LogP contribution in [0.4, 0.5) is 0 Å². The van der Waals surface area contributed by atoms with Gasteiger partial charge in [-0.15, -0.1) is 0 Å². The monoisotopic (exact) mass is 428 g/mol. The van der Waals surface area contributed by atoms with Gasteiger partial charge in [0.25, 0.3) is 0 Å². The molecule has 0 unspecified atom stereocenters. The molecule has 3 heteroatoms. The third kappa shape index (κ3) is 2.69. The third-order valence-electron chi connectivity index (χ3n) is 12.1. The fourth-order valence-corrected chi connectivity index (χ4v) is 10.2. The highest BCUT2D eigenvalue weighted by Gasteiger charge is 2.71. The number of hydrogen-bond donors (Lipinski definition) is 0. The predicted octanol–water partition coefficient (Wildman–Crippen LogP) is 6.25. The topological polar surface area (TPSA) is 35.5 Å². The fraction of sp³-hybridized carbons (Fsp3) is 0.964. The van der Waals surface area contributed by atoms with Crippen LogP contribution in [0, 0.1) is 58.2 Å². The molecule has 0 aromatic carbocycles. The lowest BCUT2D eigenvalue weighted by Gasteiger charge is -2.60. The molecule has 2 heterocycles. The Bertz CT molecular complexity index is 753. The van der Waals surface area contributed by atoms with Crippen molar-refractivity contribution in [3.8, 4) is 0 Å². The van der Waals surface area contributed by atoms with Crippen molar-refractivity contribution in [2.24, 2.45) is 58.2 Å². The summed E-state index contributed by atoms with van der Waals surface area (Å²) >= 11 is 0. The first-order chi connectivity index (χ1) is 14.7. The van der Waals surface area contributed by atoms with Crippen LogP contribution in [-0.4, -0.2) is 24.3 Å². The lowest BCUT2D eigenvalue weighted by atomic mass is 9.43. The van der Waals surface area contributed by atoms with Gasteiger partial charge in [0, 0.05) is 30.1 Å². The molecule has 6 aliphatic rings. The standard InChI is InChI=1S/C28H44O3/c1-16-8-10-26(4)19(12-16)6-7-20-21(26)14-24(29)27(5)22(20)13-23-25(27)18(3)28(31-23)11-9-17(2)15-30-28/h16-23,25H,6-15H2,1-5H3/t16-,17+,18-,19-,20-,21-,22-,23-,25-,26-,27+,28+/m0/s1. The molecule has 12 atom stereocenters. The Hall–Kier alpha value is -0.410. The van der Waals surface area contributed by atoms with Crippen LogP contribution in [0.2, 0.25) is 0 Å². The Morgan fingerprint density at radius 3 is 2.42 bits per heavy atom. The number of Topliss-reactive ketones (excluding diaryl/α,β-unsaturated/α-hetero) is 1. The van der Waals surface area contributed by atoms with E-state index in [1.165, 1.54) is 38.5 Å². The highest BCUT2D eigenvalue weighted by atomic mass is 16.7. The summed E-state index contributed by atoms with van der Waals surface area (Å²) in [5.41, 5.74) is 0.187. The fourth-order valence-electron chi connectivity index (χ4n) is 10.2. The van der Waals surface area contributed by atoms with Crippen molar-refractivity contribution < 1.29 is 14.3 Å². The minimum atomic E-state index is -0.421. The molecule has 0 amide bonds. The molecule has 6 rings (SSSR count). The van der Waals surface area contributed by atoms with Crippen LogP contribution in [-0.2, 0) is 14.3 Å². The Labute approximate surface area is 189 Å². The number of ether oxygens (including phenoxy) is 2. The highest BCUT2D eigenvalue weighted by molar-refractivity contribution is 5.87. The molecule has 0 aromatic heterocycles.